The Balaban J connectivity index is 1.57. The van der Waals surface area contributed by atoms with E-state index in [2.05, 4.69) is 10.4 Å². The summed E-state index contributed by atoms with van der Waals surface area (Å²) in [5.74, 6) is -1.19. The number of amides is 2. The lowest BCUT2D eigenvalue weighted by molar-refractivity contribution is -0.137. The highest BCUT2D eigenvalue weighted by Crippen LogP contribution is 2.32. The molecule has 0 unspecified atom stereocenters. The number of hydrazone groups is 1. The molecule has 0 saturated heterocycles. The second-order valence-electron chi connectivity index (χ2n) is 5.34. The molecule has 3 rings (SSSR count). The van der Waals surface area contributed by atoms with Crippen molar-refractivity contribution in [1.82, 2.24) is 5.43 Å². The maximum absolute atomic E-state index is 12.6. The van der Waals surface area contributed by atoms with Crippen molar-refractivity contribution < 1.29 is 32.2 Å². The van der Waals surface area contributed by atoms with Gasteiger partial charge in [0, 0.05) is 5.69 Å². The molecule has 0 radical (unpaired) electrons. The maximum atomic E-state index is 12.6. The van der Waals surface area contributed by atoms with E-state index in [0.29, 0.717) is 17.1 Å². The van der Waals surface area contributed by atoms with Crippen molar-refractivity contribution >= 4 is 23.7 Å². The summed E-state index contributed by atoms with van der Waals surface area (Å²) in [6.07, 6.45) is -3.28. The van der Waals surface area contributed by atoms with E-state index < -0.39 is 23.6 Å². The molecule has 27 heavy (non-hydrogen) atoms. The van der Waals surface area contributed by atoms with Gasteiger partial charge < -0.3 is 14.8 Å². The van der Waals surface area contributed by atoms with Crippen LogP contribution < -0.4 is 20.2 Å². The number of rotatable bonds is 3. The second kappa shape index (κ2) is 7.36. The predicted octanol–water partition coefficient (Wildman–Crippen LogP) is 2.52. The molecule has 0 bridgehead atoms. The Bertz CT molecular complexity index is 913. The lowest BCUT2D eigenvalue weighted by Crippen LogP contribution is -2.32. The van der Waals surface area contributed by atoms with Gasteiger partial charge in [0.25, 0.3) is 0 Å². The number of hydrogen-bond acceptors (Lipinski definition) is 5. The van der Waals surface area contributed by atoms with Crippen molar-refractivity contribution in [2.45, 2.75) is 6.18 Å². The summed E-state index contributed by atoms with van der Waals surface area (Å²) >= 11 is 0. The van der Waals surface area contributed by atoms with Gasteiger partial charge in [0.2, 0.25) is 6.79 Å². The first-order valence-corrected chi connectivity index (χ1v) is 7.54. The van der Waals surface area contributed by atoms with Crippen molar-refractivity contribution in [2.24, 2.45) is 5.10 Å². The number of ether oxygens (including phenoxy) is 2. The Morgan fingerprint density at radius 2 is 1.81 bits per heavy atom. The standard InChI is InChI=1S/C17H12F3N3O4/c18-17(19,20)11-2-1-3-12(7-11)22-15(24)16(25)23-21-8-10-4-5-13-14(6-10)27-9-26-13/h1-8H,9H2,(H,22,24)(H,23,25). The van der Waals surface area contributed by atoms with E-state index in [1.807, 2.05) is 5.43 Å². The van der Waals surface area contributed by atoms with Crippen LogP contribution in [0.5, 0.6) is 11.5 Å². The summed E-state index contributed by atoms with van der Waals surface area (Å²) in [6, 6.07) is 8.87. The van der Waals surface area contributed by atoms with Crippen molar-refractivity contribution in [1.29, 1.82) is 0 Å². The number of alkyl halides is 3. The van der Waals surface area contributed by atoms with Crippen molar-refractivity contribution in [3.63, 3.8) is 0 Å². The van der Waals surface area contributed by atoms with Crippen LogP contribution >= 0.6 is 0 Å². The fourth-order valence-electron chi connectivity index (χ4n) is 2.17. The van der Waals surface area contributed by atoms with E-state index in [-0.39, 0.29) is 12.5 Å². The summed E-state index contributed by atoms with van der Waals surface area (Å²) < 4.78 is 48.3. The molecular formula is C17H12F3N3O4. The van der Waals surface area contributed by atoms with Crippen LogP contribution in [0.4, 0.5) is 18.9 Å². The first-order valence-electron chi connectivity index (χ1n) is 7.54. The SMILES string of the molecule is O=C(NN=Cc1ccc2c(c1)OCO2)C(=O)Nc1cccc(C(F)(F)F)c1. The highest BCUT2D eigenvalue weighted by atomic mass is 19.4. The third-order valence-electron chi connectivity index (χ3n) is 3.43. The minimum atomic E-state index is -4.56. The number of hydrogen-bond donors (Lipinski definition) is 2. The van der Waals surface area contributed by atoms with Gasteiger partial charge in [0.1, 0.15) is 0 Å². The van der Waals surface area contributed by atoms with Crippen LogP contribution in [0.1, 0.15) is 11.1 Å². The maximum Gasteiger partial charge on any atom is 0.416 e. The lowest BCUT2D eigenvalue weighted by atomic mass is 10.2. The predicted molar refractivity (Wildman–Crippen MR) is 88.4 cm³/mol. The number of benzene rings is 2. The minimum absolute atomic E-state index is 0.113. The largest absolute Gasteiger partial charge is 0.454 e. The third-order valence-corrected chi connectivity index (χ3v) is 3.43. The Kier molecular flexibility index (Phi) is 4.97. The molecule has 1 heterocycles. The van der Waals surface area contributed by atoms with Gasteiger partial charge in [-0.3, -0.25) is 9.59 Å². The van der Waals surface area contributed by atoms with Gasteiger partial charge in [-0.05, 0) is 42.0 Å². The molecule has 1 aliphatic rings. The average molecular weight is 379 g/mol. The fraction of sp³-hybridized carbons (Fsp3) is 0.118. The van der Waals surface area contributed by atoms with Gasteiger partial charge in [0.05, 0.1) is 11.8 Å². The van der Waals surface area contributed by atoms with E-state index in [4.69, 9.17) is 9.47 Å². The second-order valence-corrected chi connectivity index (χ2v) is 5.34. The quantitative estimate of drug-likeness (QED) is 0.487. The smallest absolute Gasteiger partial charge is 0.416 e. The summed E-state index contributed by atoms with van der Waals surface area (Å²) in [5, 5.41) is 5.70. The molecule has 0 atom stereocenters. The molecule has 10 heteroatoms. The molecular weight excluding hydrogens is 367 g/mol. The molecule has 2 N–H and O–H groups in total. The monoisotopic (exact) mass is 379 g/mol. The third kappa shape index (κ3) is 4.54. The number of carbonyl (C=O) groups is 2. The lowest BCUT2D eigenvalue weighted by Gasteiger charge is -2.09. The van der Waals surface area contributed by atoms with Crippen molar-refractivity contribution in [3.8, 4) is 11.5 Å². The van der Waals surface area contributed by atoms with Crippen LogP contribution in [0, 0.1) is 0 Å². The van der Waals surface area contributed by atoms with Crippen LogP contribution in [0.3, 0.4) is 0 Å². The van der Waals surface area contributed by atoms with E-state index in [9.17, 15) is 22.8 Å². The normalized spacial score (nSPS) is 12.9. The van der Waals surface area contributed by atoms with Gasteiger partial charge in [-0.2, -0.15) is 18.3 Å². The number of halogens is 3. The minimum Gasteiger partial charge on any atom is -0.454 e. The average Bonchev–Trinajstić information content (AvgIpc) is 3.09. The van der Waals surface area contributed by atoms with Crippen LogP contribution in [-0.4, -0.2) is 24.8 Å². The number of anilines is 1. The summed E-state index contributed by atoms with van der Waals surface area (Å²) in [5.41, 5.74) is 1.46. The zero-order valence-electron chi connectivity index (χ0n) is 13.5. The summed E-state index contributed by atoms with van der Waals surface area (Å²) in [4.78, 5) is 23.5. The van der Waals surface area contributed by atoms with Gasteiger partial charge in [-0.15, -0.1) is 0 Å². The molecule has 0 aromatic heterocycles. The number of nitrogens with one attached hydrogen (secondary N) is 2. The van der Waals surface area contributed by atoms with Crippen LogP contribution in [0.15, 0.2) is 47.6 Å². The van der Waals surface area contributed by atoms with Crippen LogP contribution in [-0.2, 0) is 15.8 Å². The van der Waals surface area contributed by atoms with Gasteiger partial charge >= 0.3 is 18.0 Å². The zero-order chi connectivity index (χ0) is 19.4. The molecule has 2 amide bonds. The zero-order valence-corrected chi connectivity index (χ0v) is 13.5. The van der Waals surface area contributed by atoms with E-state index >= 15 is 0 Å². The molecule has 0 fully saturated rings. The number of carbonyl (C=O) groups excluding carboxylic acids is 2. The van der Waals surface area contributed by atoms with Crippen molar-refractivity contribution in [3.05, 3.63) is 53.6 Å². The highest BCUT2D eigenvalue weighted by molar-refractivity contribution is 6.39. The Hall–Kier alpha value is -3.56. The molecule has 2 aromatic rings. The number of nitrogens with zero attached hydrogens (tertiary/aromatic N) is 1. The van der Waals surface area contributed by atoms with Gasteiger partial charge in [-0.25, -0.2) is 5.43 Å². The summed E-state index contributed by atoms with van der Waals surface area (Å²) in [7, 11) is 0. The Morgan fingerprint density at radius 3 is 2.59 bits per heavy atom. The molecule has 1 aliphatic heterocycles. The molecule has 0 saturated carbocycles. The first kappa shape index (κ1) is 18.2. The number of fused-ring (bicyclic) bond motifs is 1. The highest BCUT2D eigenvalue weighted by Gasteiger charge is 2.30. The van der Waals surface area contributed by atoms with Crippen LogP contribution in [0.2, 0.25) is 0 Å². The summed E-state index contributed by atoms with van der Waals surface area (Å²) in [6.45, 7) is 0.113. The van der Waals surface area contributed by atoms with E-state index in [0.717, 1.165) is 18.2 Å². The van der Waals surface area contributed by atoms with Crippen molar-refractivity contribution in [2.75, 3.05) is 12.1 Å². The topological polar surface area (TPSA) is 89.0 Å². The fourth-order valence-corrected chi connectivity index (χ4v) is 2.17. The van der Waals surface area contributed by atoms with Gasteiger partial charge in [0.15, 0.2) is 11.5 Å². The van der Waals surface area contributed by atoms with E-state index in [1.165, 1.54) is 12.3 Å². The Morgan fingerprint density at radius 1 is 1.04 bits per heavy atom. The van der Waals surface area contributed by atoms with E-state index in [1.54, 1.807) is 18.2 Å². The molecule has 140 valence electrons. The van der Waals surface area contributed by atoms with Gasteiger partial charge in [-0.1, -0.05) is 6.07 Å². The Labute approximate surface area is 150 Å². The molecule has 7 nitrogen and oxygen atoms in total. The first-order chi connectivity index (χ1) is 12.8. The molecule has 2 aromatic carbocycles. The molecule has 0 aliphatic carbocycles. The molecule has 0 spiro atoms. The van der Waals surface area contributed by atoms with Crippen LogP contribution in [0.25, 0.3) is 0 Å².